The molecule has 2 N–H and O–H groups in total. The normalized spacial score (nSPS) is 21.6. The molecule has 1 aliphatic rings. The fourth-order valence-electron chi connectivity index (χ4n) is 2.52. The Morgan fingerprint density at radius 3 is 2.57 bits per heavy atom. The van der Waals surface area contributed by atoms with E-state index in [1.165, 1.54) is 0 Å². The summed E-state index contributed by atoms with van der Waals surface area (Å²) in [5.74, 6) is 0.969. The average molecular weight is 293 g/mol. The molecule has 0 aromatic heterocycles. The number of rotatable bonds is 6. The lowest BCUT2D eigenvalue weighted by Gasteiger charge is -2.28. The maximum atomic E-state index is 11.9. The Labute approximate surface area is 125 Å². The van der Waals surface area contributed by atoms with Crippen molar-refractivity contribution in [3.63, 3.8) is 0 Å². The molecule has 2 rings (SSSR count). The van der Waals surface area contributed by atoms with E-state index in [2.05, 4.69) is 5.32 Å². The Morgan fingerprint density at radius 2 is 1.90 bits per heavy atom. The molecule has 0 aliphatic heterocycles. The average Bonchev–Trinajstić information content (AvgIpc) is 2.49. The van der Waals surface area contributed by atoms with Gasteiger partial charge in [-0.15, -0.1) is 0 Å². The van der Waals surface area contributed by atoms with E-state index in [1.54, 1.807) is 6.07 Å². The first kappa shape index (κ1) is 15.6. The Kier molecular flexibility index (Phi) is 5.87. The van der Waals surface area contributed by atoms with Gasteiger partial charge in [0.15, 0.2) is 18.1 Å². The molecule has 116 valence electrons. The second-order valence-corrected chi connectivity index (χ2v) is 5.19. The van der Waals surface area contributed by atoms with Gasteiger partial charge < -0.3 is 19.9 Å². The summed E-state index contributed by atoms with van der Waals surface area (Å²) >= 11 is 0. The lowest BCUT2D eigenvalue weighted by molar-refractivity contribution is -0.125. The number of amides is 1. The van der Waals surface area contributed by atoms with Gasteiger partial charge >= 0.3 is 0 Å². The highest BCUT2D eigenvalue weighted by atomic mass is 16.5. The molecule has 1 fully saturated rings. The predicted octanol–water partition coefficient (Wildman–Crippen LogP) is 1.88. The van der Waals surface area contributed by atoms with Crippen molar-refractivity contribution in [3.05, 3.63) is 24.3 Å². The molecule has 2 unspecified atom stereocenters. The van der Waals surface area contributed by atoms with Gasteiger partial charge in [-0.1, -0.05) is 25.0 Å². The van der Waals surface area contributed by atoms with Crippen molar-refractivity contribution in [1.29, 1.82) is 0 Å². The fraction of sp³-hybridized carbons (Fsp3) is 0.562. The molecule has 0 radical (unpaired) electrons. The van der Waals surface area contributed by atoms with Crippen LogP contribution in [0, 0.1) is 0 Å². The Balaban J connectivity index is 1.83. The van der Waals surface area contributed by atoms with Gasteiger partial charge in [-0.2, -0.15) is 0 Å². The number of hydrogen-bond donors (Lipinski definition) is 2. The molecule has 21 heavy (non-hydrogen) atoms. The van der Waals surface area contributed by atoms with Crippen molar-refractivity contribution in [1.82, 2.24) is 5.32 Å². The van der Waals surface area contributed by atoms with Crippen molar-refractivity contribution >= 4 is 5.91 Å². The maximum absolute atomic E-state index is 11.9. The van der Waals surface area contributed by atoms with Crippen LogP contribution in [-0.2, 0) is 4.79 Å². The monoisotopic (exact) mass is 293 g/mol. The van der Waals surface area contributed by atoms with Crippen molar-refractivity contribution in [2.75, 3.05) is 13.2 Å². The highest BCUT2D eigenvalue weighted by Gasteiger charge is 2.24. The van der Waals surface area contributed by atoms with E-state index in [1.807, 2.05) is 25.1 Å². The summed E-state index contributed by atoms with van der Waals surface area (Å²) < 4.78 is 10.9. The number of carbonyl (C=O) groups is 1. The van der Waals surface area contributed by atoms with Crippen molar-refractivity contribution in [2.45, 2.75) is 44.8 Å². The highest BCUT2D eigenvalue weighted by molar-refractivity contribution is 5.78. The topological polar surface area (TPSA) is 67.8 Å². The van der Waals surface area contributed by atoms with Gasteiger partial charge in [-0.05, 0) is 31.9 Å². The molecule has 1 saturated carbocycles. The quantitative estimate of drug-likeness (QED) is 0.840. The summed E-state index contributed by atoms with van der Waals surface area (Å²) in [7, 11) is 0. The summed E-state index contributed by atoms with van der Waals surface area (Å²) in [6.07, 6.45) is 3.18. The number of hydrogen-bond acceptors (Lipinski definition) is 4. The summed E-state index contributed by atoms with van der Waals surface area (Å²) in [6, 6.07) is 7.11. The minimum absolute atomic E-state index is 0.0761. The zero-order chi connectivity index (χ0) is 15.1. The molecular formula is C16H23NO4. The Bertz CT molecular complexity index is 463. The van der Waals surface area contributed by atoms with E-state index < -0.39 is 6.10 Å². The fourth-order valence-corrected chi connectivity index (χ4v) is 2.52. The van der Waals surface area contributed by atoms with E-state index in [-0.39, 0.29) is 18.6 Å². The van der Waals surface area contributed by atoms with Crippen LogP contribution in [0.1, 0.15) is 32.6 Å². The predicted molar refractivity (Wildman–Crippen MR) is 79.5 cm³/mol. The van der Waals surface area contributed by atoms with Gasteiger partial charge in [0.2, 0.25) is 0 Å². The first-order chi connectivity index (χ1) is 10.2. The van der Waals surface area contributed by atoms with Crippen LogP contribution < -0.4 is 14.8 Å². The number of ether oxygens (including phenoxy) is 2. The molecule has 5 heteroatoms. The van der Waals surface area contributed by atoms with Crippen molar-refractivity contribution in [2.24, 2.45) is 0 Å². The number of para-hydroxylation sites is 2. The van der Waals surface area contributed by atoms with Gasteiger partial charge in [-0.3, -0.25) is 4.79 Å². The highest BCUT2D eigenvalue weighted by Crippen LogP contribution is 2.26. The Morgan fingerprint density at radius 1 is 1.24 bits per heavy atom. The van der Waals surface area contributed by atoms with Crippen LogP contribution in [0.3, 0.4) is 0 Å². The summed E-state index contributed by atoms with van der Waals surface area (Å²) in [5, 5.41) is 12.7. The third-order valence-corrected chi connectivity index (χ3v) is 3.58. The summed E-state index contributed by atoms with van der Waals surface area (Å²) in [5.41, 5.74) is 0. The van der Waals surface area contributed by atoms with Crippen molar-refractivity contribution in [3.8, 4) is 11.5 Å². The van der Waals surface area contributed by atoms with Gasteiger partial charge in [-0.25, -0.2) is 0 Å². The molecule has 0 saturated heterocycles. The lowest BCUT2D eigenvalue weighted by Crippen LogP contribution is -2.46. The van der Waals surface area contributed by atoms with Crippen molar-refractivity contribution < 1.29 is 19.4 Å². The first-order valence-electron chi connectivity index (χ1n) is 7.52. The van der Waals surface area contributed by atoms with Gasteiger partial charge in [0.25, 0.3) is 5.91 Å². The van der Waals surface area contributed by atoms with Gasteiger partial charge in [0.05, 0.1) is 18.8 Å². The first-order valence-corrected chi connectivity index (χ1v) is 7.52. The smallest absolute Gasteiger partial charge is 0.258 e. The number of nitrogens with one attached hydrogen (secondary N) is 1. The third kappa shape index (κ3) is 4.63. The minimum atomic E-state index is -0.446. The van der Waals surface area contributed by atoms with Crippen LogP contribution in [-0.4, -0.2) is 36.4 Å². The second-order valence-electron chi connectivity index (χ2n) is 5.19. The molecule has 1 aromatic carbocycles. The minimum Gasteiger partial charge on any atom is -0.490 e. The SMILES string of the molecule is CCOc1ccccc1OCC(=O)NC1CCCCC1O. The van der Waals surface area contributed by atoms with Crippen LogP contribution in [0.2, 0.25) is 0 Å². The van der Waals surface area contributed by atoms with Gasteiger partial charge in [0, 0.05) is 0 Å². The number of aliphatic hydroxyl groups excluding tert-OH is 1. The number of aliphatic hydroxyl groups is 1. The van der Waals surface area contributed by atoms with E-state index in [4.69, 9.17) is 9.47 Å². The Hall–Kier alpha value is -1.75. The van der Waals surface area contributed by atoms with E-state index >= 15 is 0 Å². The van der Waals surface area contributed by atoms with E-state index in [0.29, 0.717) is 18.1 Å². The molecule has 1 amide bonds. The van der Waals surface area contributed by atoms with E-state index in [9.17, 15) is 9.90 Å². The van der Waals surface area contributed by atoms with Gasteiger partial charge in [0.1, 0.15) is 0 Å². The van der Waals surface area contributed by atoms with Crippen LogP contribution in [0.4, 0.5) is 0 Å². The van der Waals surface area contributed by atoms with Crippen LogP contribution in [0.15, 0.2) is 24.3 Å². The molecule has 0 spiro atoms. The summed E-state index contributed by atoms with van der Waals surface area (Å²) in [6.45, 7) is 2.36. The molecule has 1 aromatic rings. The zero-order valence-corrected chi connectivity index (χ0v) is 12.4. The molecule has 1 aliphatic carbocycles. The zero-order valence-electron chi connectivity index (χ0n) is 12.4. The molecule has 2 atom stereocenters. The molecule has 5 nitrogen and oxygen atoms in total. The van der Waals surface area contributed by atoms with E-state index in [0.717, 1.165) is 25.7 Å². The molecular weight excluding hydrogens is 270 g/mol. The van der Waals surface area contributed by atoms with Crippen LogP contribution in [0.25, 0.3) is 0 Å². The number of benzene rings is 1. The molecule has 0 heterocycles. The van der Waals surface area contributed by atoms with Crippen LogP contribution in [0.5, 0.6) is 11.5 Å². The third-order valence-electron chi connectivity index (χ3n) is 3.58. The summed E-state index contributed by atoms with van der Waals surface area (Å²) in [4.78, 5) is 11.9. The number of carbonyl (C=O) groups excluding carboxylic acids is 1. The maximum Gasteiger partial charge on any atom is 0.258 e. The largest absolute Gasteiger partial charge is 0.490 e. The second kappa shape index (κ2) is 7.88. The standard InChI is InChI=1S/C16H23NO4/c1-2-20-14-9-5-6-10-15(14)21-11-16(19)17-12-7-3-4-8-13(12)18/h5-6,9-10,12-13,18H,2-4,7-8,11H2,1H3,(H,17,19). The lowest BCUT2D eigenvalue weighted by atomic mass is 9.92. The van der Waals surface area contributed by atoms with Crippen LogP contribution >= 0.6 is 0 Å². The molecule has 0 bridgehead atoms.